The molecule has 1 heterocycles. The van der Waals surface area contributed by atoms with Crippen molar-refractivity contribution in [2.45, 2.75) is 0 Å². The summed E-state index contributed by atoms with van der Waals surface area (Å²) in [5.41, 5.74) is 7.62. The number of nitrogen functional groups attached to an aromatic ring is 1. The fourth-order valence-corrected chi connectivity index (χ4v) is 2.00. The molecule has 6 heteroatoms. The van der Waals surface area contributed by atoms with Crippen LogP contribution in [0.15, 0.2) is 42.7 Å². The molecule has 0 aliphatic rings. The summed E-state index contributed by atoms with van der Waals surface area (Å²) in [5, 5.41) is 3.93. The average Bonchev–Trinajstić information content (AvgIpc) is 2.43. The fraction of sp³-hybridized carbons (Fsp3) is 0. The Balaban J connectivity index is 2.04. The Morgan fingerprint density at radius 3 is 2.75 bits per heavy atom. The van der Waals surface area contributed by atoms with E-state index >= 15 is 0 Å². The standard InChI is InChI=1S/C14H10ClFN4/c15-11-4-2-9(6-12(11)16)20-14-10-3-1-8(17)5-13(10)18-7-19-14/h1-7H,17H2,(H,18,19,20). The van der Waals surface area contributed by atoms with Crippen molar-refractivity contribution in [2.75, 3.05) is 11.1 Å². The van der Waals surface area contributed by atoms with Gasteiger partial charge in [0.05, 0.1) is 10.5 Å². The predicted octanol–water partition coefficient (Wildman–Crippen LogP) is 3.75. The lowest BCUT2D eigenvalue weighted by molar-refractivity contribution is 0.629. The number of nitrogens with one attached hydrogen (secondary N) is 1. The zero-order chi connectivity index (χ0) is 14.1. The third-order valence-electron chi connectivity index (χ3n) is 2.84. The molecule has 2 aromatic carbocycles. The normalized spacial score (nSPS) is 10.7. The van der Waals surface area contributed by atoms with Gasteiger partial charge in [-0.15, -0.1) is 0 Å². The van der Waals surface area contributed by atoms with E-state index in [1.165, 1.54) is 18.5 Å². The number of hydrogen-bond acceptors (Lipinski definition) is 4. The maximum Gasteiger partial charge on any atom is 0.143 e. The number of hydrogen-bond donors (Lipinski definition) is 2. The van der Waals surface area contributed by atoms with Gasteiger partial charge < -0.3 is 11.1 Å². The van der Waals surface area contributed by atoms with Crippen molar-refractivity contribution in [3.63, 3.8) is 0 Å². The van der Waals surface area contributed by atoms with Crippen molar-refractivity contribution in [3.05, 3.63) is 53.6 Å². The maximum absolute atomic E-state index is 13.4. The van der Waals surface area contributed by atoms with E-state index in [0.29, 0.717) is 17.2 Å². The highest BCUT2D eigenvalue weighted by Crippen LogP contribution is 2.26. The third-order valence-corrected chi connectivity index (χ3v) is 3.15. The van der Waals surface area contributed by atoms with Crippen LogP contribution >= 0.6 is 11.6 Å². The first kappa shape index (κ1) is 12.6. The van der Waals surface area contributed by atoms with E-state index in [-0.39, 0.29) is 5.02 Å². The molecule has 0 atom stereocenters. The first-order valence-electron chi connectivity index (χ1n) is 5.86. The summed E-state index contributed by atoms with van der Waals surface area (Å²) in [6, 6.07) is 9.81. The van der Waals surface area contributed by atoms with Gasteiger partial charge in [-0.1, -0.05) is 11.6 Å². The summed E-state index contributed by atoms with van der Waals surface area (Å²) in [6.45, 7) is 0. The number of fused-ring (bicyclic) bond motifs is 1. The van der Waals surface area contributed by atoms with Crippen LogP contribution in [0.4, 0.5) is 21.6 Å². The molecule has 0 aliphatic carbocycles. The molecular formula is C14H10ClFN4. The Labute approximate surface area is 119 Å². The molecule has 3 N–H and O–H groups in total. The van der Waals surface area contributed by atoms with E-state index < -0.39 is 5.82 Å². The first-order valence-corrected chi connectivity index (χ1v) is 6.23. The Kier molecular flexibility index (Phi) is 3.12. The quantitative estimate of drug-likeness (QED) is 0.705. The zero-order valence-electron chi connectivity index (χ0n) is 10.3. The van der Waals surface area contributed by atoms with Gasteiger partial charge in [0, 0.05) is 16.8 Å². The largest absolute Gasteiger partial charge is 0.399 e. The molecule has 0 unspecified atom stereocenters. The molecule has 1 aromatic heterocycles. The van der Waals surface area contributed by atoms with Gasteiger partial charge in [-0.25, -0.2) is 14.4 Å². The maximum atomic E-state index is 13.4. The fourth-order valence-electron chi connectivity index (χ4n) is 1.88. The van der Waals surface area contributed by atoms with Crippen LogP contribution in [-0.2, 0) is 0 Å². The molecule has 100 valence electrons. The number of halogens is 2. The minimum atomic E-state index is -0.487. The number of aromatic nitrogens is 2. The average molecular weight is 289 g/mol. The van der Waals surface area contributed by atoms with Crippen LogP contribution in [-0.4, -0.2) is 9.97 Å². The molecule has 0 bridgehead atoms. The predicted molar refractivity (Wildman–Crippen MR) is 78.6 cm³/mol. The van der Waals surface area contributed by atoms with Crippen molar-refractivity contribution >= 4 is 39.7 Å². The number of rotatable bonds is 2. The molecule has 0 saturated carbocycles. The van der Waals surface area contributed by atoms with Gasteiger partial charge in [-0.2, -0.15) is 0 Å². The Bertz CT molecular complexity index is 791. The van der Waals surface area contributed by atoms with Gasteiger partial charge in [0.1, 0.15) is 18.0 Å². The molecule has 4 nitrogen and oxygen atoms in total. The van der Waals surface area contributed by atoms with Gasteiger partial charge in [0.25, 0.3) is 0 Å². The van der Waals surface area contributed by atoms with Crippen LogP contribution in [0.2, 0.25) is 5.02 Å². The van der Waals surface area contributed by atoms with E-state index in [9.17, 15) is 4.39 Å². The molecule has 3 aromatic rings. The summed E-state index contributed by atoms with van der Waals surface area (Å²) in [4.78, 5) is 8.32. The molecule has 0 fully saturated rings. The minimum absolute atomic E-state index is 0.0795. The van der Waals surface area contributed by atoms with Crippen LogP contribution in [0.5, 0.6) is 0 Å². The first-order chi connectivity index (χ1) is 9.63. The van der Waals surface area contributed by atoms with E-state index in [4.69, 9.17) is 17.3 Å². The van der Waals surface area contributed by atoms with Crippen LogP contribution < -0.4 is 11.1 Å². The van der Waals surface area contributed by atoms with Crippen LogP contribution in [0.1, 0.15) is 0 Å². The number of benzene rings is 2. The molecule has 0 saturated heterocycles. The van der Waals surface area contributed by atoms with Crippen molar-refractivity contribution in [1.29, 1.82) is 0 Å². The van der Waals surface area contributed by atoms with Gasteiger partial charge in [0.15, 0.2) is 0 Å². The van der Waals surface area contributed by atoms with Crippen molar-refractivity contribution in [1.82, 2.24) is 9.97 Å². The van der Waals surface area contributed by atoms with E-state index in [2.05, 4.69) is 15.3 Å². The molecule has 0 amide bonds. The van der Waals surface area contributed by atoms with Crippen molar-refractivity contribution in [3.8, 4) is 0 Å². The summed E-state index contributed by atoms with van der Waals surface area (Å²) >= 11 is 5.65. The molecule has 3 rings (SSSR count). The van der Waals surface area contributed by atoms with E-state index in [1.807, 2.05) is 6.07 Å². The third kappa shape index (κ3) is 2.35. The summed E-state index contributed by atoms with van der Waals surface area (Å²) in [7, 11) is 0. The van der Waals surface area contributed by atoms with Gasteiger partial charge in [0.2, 0.25) is 0 Å². The Hall–Kier alpha value is -2.40. The topological polar surface area (TPSA) is 63.8 Å². The van der Waals surface area contributed by atoms with Gasteiger partial charge in [-0.05, 0) is 36.4 Å². The van der Waals surface area contributed by atoms with Crippen molar-refractivity contribution < 1.29 is 4.39 Å². The molecular weight excluding hydrogens is 279 g/mol. The second kappa shape index (κ2) is 4.94. The highest BCUT2D eigenvalue weighted by molar-refractivity contribution is 6.30. The number of nitrogens with zero attached hydrogens (tertiary/aromatic N) is 2. The molecule has 0 aliphatic heterocycles. The molecule has 0 spiro atoms. The lowest BCUT2D eigenvalue weighted by Crippen LogP contribution is -1.97. The SMILES string of the molecule is Nc1ccc2c(Nc3ccc(Cl)c(F)c3)ncnc2c1. The number of nitrogens with two attached hydrogens (primary N) is 1. The van der Waals surface area contributed by atoms with Gasteiger partial charge >= 0.3 is 0 Å². The summed E-state index contributed by atoms with van der Waals surface area (Å²) in [6.07, 6.45) is 1.43. The van der Waals surface area contributed by atoms with Crippen molar-refractivity contribution in [2.24, 2.45) is 0 Å². The van der Waals surface area contributed by atoms with Gasteiger partial charge in [-0.3, -0.25) is 0 Å². The highest BCUT2D eigenvalue weighted by atomic mass is 35.5. The molecule has 20 heavy (non-hydrogen) atoms. The lowest BCUT2D eigenvalue weighted by atomic mass is 10.2. The zero-order valence-corrected chi connectivity index (χ0v) is 11.0. The second-order valence-corrected chi connectivity index (χ2v) is 4.66. The monoisotopic (exact) mass is 288 g/mol. The second-order valence-electron chi connectivity index (χ2n) is 4.25. The lowest BCUT2D eigenvalue weighted by Gasteiger charge is -2.09. The van der Waals surface area contributed by atoms with Crippen LogP contribution in [0.25, 0.3) is 10.9 Å². The van der Waals surface area contributed by atoms with E-state index in [0.717, 1.165) is 10.9 Å². The van der Waals surface area contributed by atoms with Crippen LogP contribution in [0, 0.1) is 5.82 Å². The molecule has 0 radical (unpaired) electrons. The van der Waals surface area contributed by atoms with Crippen LogP contribution in [0.3, 0.4) is 0 Å². The smallest absolute Gasteiger partial charge is 0.143 e. The summed E-state index contributed by atoms with van der Waals surface area (Å²) in [5.74, 6) is 0.0935. The number of anilines is 3. The van der Waals surface area contributed by atoms with E-state index in [1.54, 1.807) is 18.2 Å². The summed E-state index contributed by atoms with van der Waals surface area (Å²) < 4.78 is 13.4. The highest BCUT2D eigenvalue weighted by Gasteiger charge is 2.06. The minimum Gasteiger partial charge on any atom is -0.399 e. The Morgan fingerprint density at radius 2 is 1.95 bits per heavy atom. The Morgan fingerprint density at radius 1 is 1.10 bits per heavy atom.